The smallest absolute Gasteiger partial charge is 0.410 e. The van der Waals surface area contributed by atoms with Crippen molar-refractivity contribution < 1.29 is 27.4 Å². The fraction of sp³-hybridized carbons (Fsp3) is 0.421. The summed E-state index contributed by atoms with van der Waals surface area (Å²) >= 11 is 0. The number of fused-ring (bicyclic) bond motifs is 2. The maximum atomic E-state index is 13.0. The lowest BCUT2D eigenvalue weighted by Crippen LogP contribution is -2.33. The highest BCUT2D eigenvalue weighted by Crippen LogP contribution is 2.34. The Morgan fingerprint density at radius 2 is 1.64 bits per heavy atom. The SMILES string of the molecule is CC(C)(C)OC(=O)N1Cc2cn(S(=O)(=O)c3ccc4c(c3)OCCO4)cc2C1. The normalized spacial score (nSPS) is 16.0. The third-order valence-corrected chi connectivity index (χ3v) is 6.06. The van der Waals surface area contributed by atoms with E-state index in [0.29, 0.717) is 37.8 Å². The highest BCUT2D eigenvalue weighted by molar-refractivity contribution is 7.90. The molecule has 0 radical (unpaired) electrons. The molecule has 0 unspecified atom stereocenters. The number of carbonyl (C=O) groups excluding carboxylic acids is 1. The van der Waals surface area contributed by atoms with Crippen molar-refractivity contribution in [2.45, 2.75) is 44.4 Å². The zero-order valence-electron chi connectivity index (χ0n) is 16.0. The van der Waals surface area contributed by atoms with Gasteiger partial charge in [0.25, 0.3) is 10.0 Å². The summed E-state index contributed by atoms with van der Waals surface area (Å²) in [6.45, 7) is 6.88. The summed E-state index contributed by atoms with van der Waals surface area (Å²) in [6, 6.07) is 4.58. The minimum absolute atomic E-state index is 0.120. The van der Waals surface area contributed by atoms with E-state index < -0.39 is 21.7 Å². The van der Waals surface area contributed by atoms with Gasteiger partial charge in [-0.15, -0.1) is 0 Å². The largest absolute Gasteiger partial charge is 0.486 e. The molecule has 0 aliphatic carbocycles. The van der Waals surface area contributed by atoms with Crippen LogP contribution in [0.15, 0.2) is 35.5 Å². The minimum atomic E-state index is -3.77. The van der Waals surface area contributed by atoms with E-state index >= 15 is 0 Å². The van der Waals surface area contributed by atoms with Crippen molar-refractivity contribution >= 4 is 16.1 Å². The van der Waals surface area contributed by atoms with Crippen molar-refractivity contribution in [3.8, 4) is 11.5 Å². The molecule has 3 heterocycles. The zero-order valence-corrected chi connectivity index (χ0v) is 16.8. The molecule has 0 bridgehead atoms. The third kappa shape index (κ3) is 3.42. The van der Waals surface area contributed by atoms with E-state index in [1.165, 1.54) is 16.1 Å². The first-order valence-electron chi connectivity index (χ1n) is 8.96. The van der Waals surface area contributed by atoms with E-state index in [1.54, 1.807) is 23.4 Å². The molecule has 2 aliphatic rings. The highest BCUT2D eigenvalue weighted by Gasteiger charge is 2.31. The summed E-state index contributed by atoms with van der Waals surface area (Å²) in [4.78, 5) is 13.9. The number of ether oxygens (including phenoxy) is 3. The molecule has 0 spiro atoms. The summed E-state index contributed by atoms with van der Waals surface area (Å²) < 4.78 is 43.5. The Hall–Kier alpha value is -2.68. The highest BCUT2D eigenvalue weighted by atomic mass is 32.2. The maximum Gasteiger partial charge on any atom is 0.410 e. The second-order valence-corrected chi connectivity index (χ2v) is 9.63. The lowest BCUT2D eigenvalue weighted by Gasteiger charge is -2.24. The molecule has 28 heavy (non-hydrogen) atoms. The predicted octanol–water partition coefficient (Wildman–Crippen LogP) is 2.75. The molecule has 1 amide bonds. The molecule has 0 fully saturated rings. The topological polar surface area (TPSA) is 87.1 Å². The molecule has 0 atom stereocenters. The van der Waals surface area contributed by atoms with E-state index in [2.05, 4.69) is 0 Å². The molecule has 1 aromatic carbocycles. The summed E-state index contributed by atoms with van der Waals surface area (Å²) in [5.41, 5.74) is 0.990. The van der Waals surface area contributed by atoms with E-state index in [1.807, 2.05) is 20.8 Å². The van der Waals surface area contributed by atoms with Crippen LogP contribution < -0.4 is 9.47 Å². The van der Waals surface area contributed by atoms with Gasteiger partial charge in [-0.25, -0.2) is 17.2 Å². The molecule has 1 aromatic heterocycles. The van der Waals surface area contributed by atoms with Crippen molar-refractivity contribution in [1.82, 2.24) is 8.87 Å². The molecule has 8 nitrogen and oxygen atoms in total. The molecule has 0 saturated carbocycles. The van der Waals surface area contributed by atoms with Gasteiger partial charge in [0.2, 0.25) is 0 Å². The Balaban J connectivity index is 1.55. The van der Waals surface area contributed by atoms with Gasteiger partial charge in [0.1, 0.15) is 18.8 Å². The number of nitrogens with zero attached hydrogens (tertiary/aromatic N) is 2. The van der Waals surface area contributed by atoms with Crippen LogP contribution >= 0.6 is 0 Å². The summed E-state index contributed by atoms with van der Waals surface area (Å²) in [5.74, 6) is 0.955. The van der Waals surface area contributed by atoms with Gasteiger partial charge >= 0.3 is 6.09 Å². The van der Waals surface area contributed by atoms with Gasteiger partial charge in [-0.1, -0.05) is 0 Å². The van der Waals surface area contributed by atoms with Gasteiger partial charge in [0.05, 0.1) is 18.0 Å². The monoisotopic (exact) mass is 406 g/mol. The number of aromatic nitrogens is 1. The molecular weight excluding hydrogens is 384 g/mol. The lowest BCUT2D eigenvalue weighted by molar-refractivity contribution is 0.0241. The van der Waals surface area contributed by atoms with Crippen LogP contribution in [0.2, 0.25) is 0 Å². The van der Waals surface area contributed by atoms with E-state index in [0.717, 1.165) is 11.1 Å². The Bertz CT molecular complexity index is 1010. The summed E-state index contributed by atoms with van der Waals surface area (Å²) in [5, 5.41) is 0. The minimum Gasteiger partial charge on any atom is -0.486 e. The van der Waals surface area contributed by atoms with Crippen molar-refractivity contribution in [3.63, 3.8) is 0 Å². The standard InChI is InChI=1S/C19H22N2O6S/c1-19(2,3)27-18(22)20-9-13-11-21(12-14(13)10-20)28(23,24)15-4-5-16-17(8-15)26-7-6-25-16/h4-5,8,11-12H,6-7,9-10H2,1-3H3. The average Bonchev–Trinajstić information content (AvgIpc) is 3.19. The quantitative estimate of drug-likeness (QED) is 0.762. The Kier molecular flexibility index (Phi) is 4.29. The number of carbonyl (C=O) groups is 1. The van der Waals surface area contributed by atoms with Crippen molar-refractivity contribution in [2.24, 2.45) is 0 Å². The van der Waals surface area contributed by atoms with Crippen LogP contribution in [0, 0.1) is 0 Å². The molecule has 2 aliphatic heterocycles. The molecule has 2 aromatic rings. The summed E-state index contributed by atoms with van der Waals surface area (Å²) in [6.07, 6.45) is 2.68. The summed E-state index contributed by atoms with van der Waals surface area (Å²) in [7, 11) is -3.77. The molecule has 0 saturated heterocycles. The van der Waals surface area contributed by atoms with Crippen molar-refractivity contribution in [2.75, 3.05) is 13.2 Å². The van der Waals surface area contributed by atoms with Crippen LogP contribution in [0.4, 0.5) is 4.79 Å². The number of hydrogen-bond donors (Lipinski definition) is 0. The van der Waals surface area contributed by atoms with E-state index in [9.17, 15) is 13.2 Å². The molecular formula is C19H22N2O6S. The van der Waals surface area contributed by atoms with Gasteiger partial charge in [-0.05, 0) is 44.0 Å². The molecule has 150 valence electrons. The maximum absolute atomic E-state index is 13.0. The van der Waals surface area contributed by atoms with Crippen molar-refractivity contribution in [1.29, 1.82) is 0 Å². The predicted molar refractivity (Wildman–Crippen MR) is 99.9 cm³/mol. The van der Waals surface area contributed by atoms with Crippen molar-refractivity contribution in [3.05, 3.63) is 41.7 Å². The first-order chi connectivity index (χ1) is 13.1. The van der Waals surface area contributed by atoms with Gasteiger partial charge in [0.15, 0.2) is 11.5 Å². The third-order valence-electron chi connectivity index (χ3n) is 4.44. The van der Waals surface area contributed by atoms with Crippen LogP contribution in [0.3, 0.4) is 0 Å². The molecule has 0 N–H and O–H groups in total. The van der Waals surface area contributed by atoms with Crippen LogP contribution in [0.1, 0.15) is 31.9 Å². The fourth-order valence-corrected chi connectivity index (χ4v) is 4.43. The van der Waals surface area contributed by atoms with Crippen LogP contribution in [-0.4, -0.2) is 42.2 Å². The van der Waals surface area contributed by atoms with Crippen LogP contribution in [-0.2, 0) is 27.8 Å². The molecule has 9 heteroatoms. The zero-order chi connectivity index (χ0) is 20.1. The molecule has 4 rings (SSSR count). The van der Waals surface area contributed by atoms with Crippen LogP contribution in [0.25, 0.3) is 0 Å². The Morgan fingerprint density at radius 1 is 1.04 bits per heavy atom. The average molecular weight is 406 g/mol. The number of amides is 1. The van der Waals surface area contributed by atoms with Crippen LogP contribution in [0.5, 0.6) is 11.5 Å². The first-order valence-corrected chi connectivity index (χ1v) is 10.4. The number of hydrogen-bond acceptors (Lipinski definition) is 6. The van der Waals surface area contributed by atoms with Gasteiger partial charge in [0, 0.05) is 18.5 Å². The lowest BCUT2D eigenvalue weighted by atomic mass is 10.2. The second-order valence-electron chi connectivity index (χ2n) is 7.79. The Morgan fingerprint density at radius 3 is 2.25 bits per heavy atom. The van der Waals surface area contributed by atoms with Gasteiger partial charge in [-0.2, -0.15) is 0 Å². The number of benzene rings is 1. The Labute approximate surface area is 163 Å². The van der Waals surface area contributed by atoms with Gasteiger partial charge in [-0.3, -0.25) is 4.90 Å². The number of rotatable bonds is 2. The second kappa shape index (κ2) is 6.44. The van der Waals surface area contributed by atoms with E-state index in [4.69, 9.17) is 14.2 Å². The fourth-order valence-electron chi connectivity index (χ4n) is 3.16. The van der Waals surface area contributed by atoms with Gasteiger partial charge < -0.3 is 14.2 Å². The van der Waals surface area contributed by atoms with E-state index in [-0.39, 0.29) is 4.90 Å². The first kappa shape index (κ1) is 18.7.